The summed E-state index contributed by atoms with van der Waals surface area (Å²) in [4.78, 5) is 19.4. The monoisotopic (exact) mass is 391 g/mol. The summed E-state index contributed by atoms with van der Waals surface area (Å²) in [7, 11) is 0. The van der Waals surface area contributed by atoms with Crippen molar-refractivity contribution in [2.24, 2.45) is 0 Å². The molecule has 2 N–H and O–H groups in total. The Bertz CT molecular complexity index is 1170. The van der Waals surface area contributed by atoms with E-state index in [4.69, 9.17) is 0 Å². The Morgan fingerprint density at radius 2 is 1.79 bits per heavy atom. The molecule has 0 bridgehead atoms. The highest BCUT2D eigenvalue weighted by molar-refractivity contribution is 5.94. The van der Waals surface area contributed by atoms with Gasteiger partial charge in [0, 0.05) is 35.6 Å². The van der Waals surface area contributed by atoms with E-state index < -0.39 is 11.6 Å². The Morgan fingerprint density at radius 3 is 2.52 bits per heavy atom. The topological polar surface area (TPSA) is 57.8 Å². The van der Waals surface area contributed by atoms with Gasteiger partial charge in [0.1, 0.15) is 11.6 Å². The van der Waals surface area contributed by atoms with E-state index in [2.05, 4.69) is 15.3 Å². The van der Waals surface area contributed by atoms with Crippen molar-refractivity contribution >= 4 is 16.8 Å². The lowest BCUT2D eigenvalue weighted by molar-refractivity contribution is 0.0954. The lowest BCUT2D eigenvalue weighted by Gasteiger charge is -2.07. The van der Waals surface area contributed by atoms with Gasteiger partial charge in [-0.05, 0) is 60.4 Å². The van der Waals surface area contributed by atoms with Gasteiger partial charge in [-0.15, -0.1) is 0 Å². The van der Waals surface area contributed by atoms with Crippen LogP contribution in [0.1, 0.15) is 21.6 Å². The molecule has 0 saturated heterocycles. The molecule has 2 aromatic heterocycles. The number of halogens is 2. The summed E-state index contributed by atoms with van der Waals surface area (Å²) in [5.41, 5.74) is 4.01. The summed E-state index contributed by atoms with van der Waals surface area (Å²) < 4.78 is 28.1. The van der Waals surface area contributed by atoms with Crippen LogP contribution in [-0.4, -0.2) is 22.4 Å². The summed E-state index contributed by atoms with van der Waals surface area (Å²) >= 11 is 0. The van der Waals surface area contributed by atoms with Crippen molar-refractivity contribution < 1.29 is 13.6 Å². The standard InChI is InChI=1S/C23H19F2N3O/c1-14-18(21-19(24)8-9-20(25)22(21)28-14)10-12-27-23(29)16-6-4-15(5-7-16)17-3-2-11-26-13-17/h2-9,11,13,28H,10,12H2,1H3,(H,27,29). The third-order valence-electron chi connectivity index (χ3n) is 4.97. The van der Waals surface area contributed by atoms with Crippen LogP contribution in [0.25, 0.3) is 22.0 Å². The minimum Gasteiger partial charge on any atom is -0.356 e. The highest BCUT2D eigenvalue weighted by Crippen LogP contribution is 2.27. The van der Waals surface area contributed by atoms with Crippen molar-refractivity contribution in [2.75, 3.05) is 6.54 Å². The number of nitrogens with zero attached hydrogens (tertiary/aromatic N) is 1. The first-order valence-electron chi connectivity index (χ1n) is 9.28. The predicted octanol–water partition coefficient (Wildman–Crippen LogP) is 4.79. The highest BCUT2D eigenvalue weighted by atomic mass is 19.1. The van der Waals surface area contributed by atoms with Gasteiger partial charge in [-0.1, -0.05) is 18.2 Å². The van der Waals surface area contributed by atoms with E-state index in [1.165, 1.54) is 0 Å². The number of aromatic amines is 1. The fraction of sp³-hybridized carbons (Fsp3) is 0.130. The molecule has 0 aliphatic carbocycles. The van der Waals surface area contributed by atoms with Crippen LogP contribution in [-0.2, 0) is 6.42 Å². The molecule has 146 valence electrons. The molecule has 2 aromatic carbocycles. The first-order chi connectivity index (χ1) is 14.0. The molecule has 0 spiro atoms. The van der Waals surface area contributed by atoms with E-state index in [-0.39, 0.29) is 16.8 Å². The van der Waals surface area contributed by atoms with E-state index in [0.29, 0.717) is 29.8 Å². The number of carbonyl (C=O) groups excluding carboxylic acids is 1. The number of nitrogens with one attached hydrogen (secondary N) is 2. The molecule has 29 heavy (non-hydrogen) atoms. The number of rotatable bonds is 5. The number of hydrogen-bond donors (Lipinski definition) is 2. The van der Waals surface area contributed by atoms with Crippen LogP contribution < -0.4 is 5.32 Å². The second-order valence-corrected chi connectivity index (χ2v) is 6.83. The van der Waals surface area contributed by atoms with Crippen LogP contribution in [0.15, 0.2) is 60.9 Å². The summed E-state index contributed by atoms with van der Waals surface area (Å²) in [6.07, 6.45) is 3.87. The van der Waals surface area contributed by atoms with Gasteiger partial charge in [0.2, 0.25) is 0 Å². The number of hydrogen-bond acceptors (Lipinski definition) is 2. The van der Waals surface area contributed by atoms with E-state index >= 15 is 0 Å². The third kappa shape index (κ3) is 3.74. The zero-order valence-electron chi connectivity index (χ0n) is 15.8. The van der Waals surface area contributed by atoms with E-state index in [1.54, 1.807) is 31.5 Å². The third-order valence-corrected chi connectivity index (χ3v) is 4.97. The lowest BCUT2D eigenvalue weighted by atomic mass is 10.1. The van der Waals surface area contributed by atoms with Gasteiger partial charge in [-0.25, -0.2) is 8.78 Å². The number of H-pyrrole nitrogens is 1. The van der Waals surface area contributed by atoms with Crippen LogP contribution in [0, 0.1) is 18.6 Å². The van der Waals surface area contributed by atoms with Crippen molar-refractivity contribution in [3.8, 4) is 11.1 Å². The molecule has 0 fully saturated rings. The Morgan fingerprint density at radius 1 is 1.03 bits per heavy atom. The van der Waals surface area contributed by atoms with Crippen LogP contribution in [0.2, 0.25) is 0 Å². The number of benzene rings is 2. The predicted molar refractivity (Wildman–Crippen MR) is 109 cm³/mol. The van der Waals surface area contributed by atoms with Crippen LogP contribution in [0.4, 0.5) is 8.78 Å². The number of fused-ring (bicyclic) bond motifs is 1. The first kappa shape index (κ1) is 18.8. The maximum absolute atomic E-state index is 14.2. The van der Waals surface area contributed by atoms with E-state index in [1.807, 2.05) is 24.3 Å². The normalized spacial score (nSPS) is 11.0. The smallest absolute Gasteiger partial charge is 0.251 e. The molecule has 0 radical (unpaired) electrons. The SMILES string of the molecule is Cc1[nH]c2c(F)ccc(F)c2c1CCNC(=O)c1ccc(-c2cccnc2)cc1. The van der Waals surface area contributed by atoms with Crippen molar-refractivity contribution in [3.63, 3.8) is 0 Å². The number of pyridine rings is 1. The molecule has 4 aromatic rings. The van der Waals surface area contributed by atoms with Crippen LogP contribution in [0.5, 0.6) is 0 Å². The molecule has 0 atom stereocenters. The van der Waals surface area contributed by atoms with Gasteiger partial charge in [-0.3, -0.25) is 9.78 Å². The van der Waals surface area contributed by atoms with Crippen LogP contribution >= 0.6 is 0 Å². The fourth-order valence-electron chi connectivity index (χ4n) is 3.48. The molecule has 0 saturated carbocycles. The molecular formula is C23H19F2N3O. The minimum absolute atomic E-state index is 0.162. The molecule has 0 aliphatic heterocycles. The average Bonchev–Trinajstić information content (AvgIpc) is 3.09. The molecule has 6 heteroatoms. The quantitative estimate of drug-likeness (QED) is 0.514. The summed E-state index contributed by atoms with van der Waals surface area (Å²) in [6.45, 7) is 2.08. The lowest BCUT2D eigenvalue weighted by Crippen LogP contribution is -2.25. The maximum atomic E-state index is 14.2. The maximum Gasteiger partial charge on any atom is 0.251 e. The zero-order chi connectivity index (χ0) is 20.4. The van der Waals surface area contributed by atoms with E-state index in [9.17, 15) is 13.6 Å². The molecule has 0 unspecified atom stereocenters. The van der Waals surface area contributed by atoms with Crippen molar-refractivity contribution in [1.29, 1.82) is 0 Å². The Balaban J connectivity index is 1.44. The molecule has 2 heterocycles. The first-order valence-corrected chi connectivity index (χ1v) is 9.28. The summed E-state index contributed by atoms with van der Waals surface area (Å²) in [6, 6.07) is 13.3. The second kappa shape index (κ2) is 7.83. The number of aromatic nitrogens is 2. The molecule has 1 amide bonds. The van der Waals surface area contributed by atoms with Gasteiger partial charge < -0.3 is 10.3 Å². The largest absolute Gasteiger partial charge is 0.356 e. The van der Waals surface area contributed by atoms with Crippen LogP contribution in [0.3, 0.4) is 0 Å². The van der Waals surface area contributed by atoms with Gasteiger partial charge >= 0.3 is 0 Å². The van der Waals surface area contributed by atoms with E-state index in [0.717, 1.165) is 23.3 Å². The zero-order valence-corrected chi connectivity index (χ0v) is 15.8. The summed E-state index contributed by atoms with van der Waals surface area (Å²) in [5, 5.41) is 3.09. The van der Waals surface area contributed by atoms with Gasteiger partial charge in [0.05, 0.1) is 5.52 Å². The van der Waals surface area contributed by atoms with Crippen molar-refractivity contribution in [2.45, 2.75) is 13.3 Å². The van der Waals surface area contributed by atoms with Gasteiger partial charge in [-0.2, -0.15) is 0 Å². The molecule has 4 nitrogen and oxygen atoms in total. The number of aryl methyl sites for hydroxylation is 1. The molecular weight excluding hydrogens is 372 g/mol. The Kier molecular flexibility index (Phi) is 5.08. The highest BCUT2D eigenvalue weighted by Gasteiger charge is 2.16. The second-order valence-electron chi connectivity index (χ2n) is 6.83. The van der Waals surface area contributed by atoms with Gasteiger partial charge in [0.15, 0.2) is 0 Å². The molecule has 4 rings (SSSR count). The van der Waals surface area contributed by atoms with Crippen molar-refractivity contribution in [3.05, 3.63) is 89.4 Å². The van der Waals surface area contributed by atoms with Gasteiger partial charge in [0.25, 0.3) is 5.91 Å². The average molecular weight is 391 g/mol. The Hall–Kier alpha value is -3.54. The van der Waals surface area contributed by atoms with Crippen molar-refractivity contribution in [1.82, 2.24) is 15.3 Å². The minimum atomic E-state index is -0.492. The number of amides is 1. The Labute approximate surface area is 166 Å². The number of carbonyl (C=O) groups is 1. The fourth-order valence-corrected chi connectivity index (χ4v) is 3.48. The summed E-state index contributed by atoms with van der Waals surface area (Å²) in [5.74, 6) is -1.18. The molecule has 0 aliphatic rings.